The van der Waals surface area contributed by atoms with Gasteiger partial charge in [0.1, 0.15) is 0 Å². The van der Waals surface area contributed by atoms with E-state index < -0.39 is 0 Å². The molecule has 0 unspecified atom stereocenters. The van der Waals surface area contributed by atoms with Crippen LogP contribution in [0.1, 0.15) is 12.6 Å². The average Bonchev–Trinajstić information content (AvgIpc) is 3.17. The third-order valence-corrected chi connectivity index (χ3v) is 5.30. The number of carbonyl (C=O) groups is 1. The summed E-state index contributed by atoms with van der Waals surface area (Å²) in [5.41, 5.74) is 10.5. The molecule has 2 aromatic heterocycles. The quantitative estimate of drug-likeness (QED) is 0.651. The first-order chi connectivity index (χ1) is 11.5. The van der Waals surface area contributed by atoms with Crippen LogP contribution < -0.4 is 5.73 Å². The third kappa shape index (κ3) is 2.10. The van der Waals surface area contributed by atoms with Crippen molar-refractivity contribution in [2.45, 2.75) is 20.0 Å². The van der Waals surface area contributed by atoms with Gasteiger partial charge in [0.15, 0.2) is 0 Å². The Hall–Kier alpha value is -2.18. The monoisotopic (exact) mass is 363 g/mol. The van der Waals surface area contributed by atoms with Crippen LogP contribution in [-0.4, -0.2) is 32.1 Å². The van der Waals surface area contributed by atoms with Gasteiger partial charge < -0.3 is 15.2 Å². The molecule has 0 bridgehead atoms. The van der Waals surface area contributed by atoms with Gasteiger partial charge in [-0.25, -0.2) is 0 Å². The largest absolute Gasteiger partial charge is 0.398 e. The number of rotatable bonds is 1. The van der Waals surface area contributed by atoms with Crippen molar-refractivity contribution in [1.82, 2.24) is 19.7 Å². The highest BCUT2D eigenvalue weighted by Crippen LogP contribution is 2.45. The molecule has 0 aliphatic carbocycles. The molecule has 0 atom stereocenters. The van der Waals surface area contributed by atoms with Crippen LogP contribution in [0.15, 0.2) is 18.5 Å². The Balaban J connectivity index is 2.10. The van der Waals surface area contributed by atoms with Gasteiger partial charge in [-0.3, -0.25) is 9.89 Å². The third-order valence-electron chi connectivity index (χ3n) is 4.53. The highest BCUT2D eigenvalue weighted by atomic mass is 35.5. The molecule has 1 aromatic carbocycles. The predicted molar refractivity (Wildman–Crippen MR) is 95.0 cm³/mol. The van der Waals surface area contributed by atoms with Crippen LogP contribution in [0.25, 0.3) is 22.0 Å². The number of anilines is 1. The summed E-state index contributed by atoms with van der Waals surface area (Å²) in [6, 6.07) is 1.67. The Morgan fingerprint density at radius 3 is 2.83 bits per heavy atom. The summed E-state index contributed by atoms with van der Waals surface area (Å²) < 4.78 is 2.11. The summed E-state index contributed by atoms with van der Waals surface area (Å²) in [4.78, 5) is 13.6. The smallest absolute Gasteiger partial charge is 0.219 e. The summed E-state index contributed by atoms with van der Waals surface area (Å²) in [6.45, 7) is 3.34. The van der Waals surface area contributed by atoms with Crippen LogP contribution in [-0.2, 0) is 17.9 Å². The Morgan fingerprint density at radius 1 is 1.38 bits per heavy atom. The number of nitrogens with two attached hydrogens (primary N) is 1. The molecule has 0 radical (unpaired) electrons. The number of aromatic nitrogens is 3. The first-order valence-electron chi connectivity index (χ1n) is 7.52. The second kappa shape index (κ2) is 5.43. The van der Waals surface area contributed by atoms with Crippen LogP contribution in [0.5, 0.6) is 0 Å². The van der Waals surface area contributed by atoms with E-state index in [4.69, 9.17) is 28.9 Å². The number of halogens is 2. The molecule has 4 rings (SSSR count). The molecular weight excluding hydrogens is 349 g/mol. The zero-order valence-electron chi connectivity index (χ0n) is 12.9. The molecule has 0 saturated heterocycles. The van der Waals surface area contributed by atoms with Crippen LogP contribution in [0, 0.1) is 0 Å². The number of nitrogens with zero attached hydrogens (tertiary/aromatic N) is 3. The maximum absolute atomic E-state index is 11.8. The molecule has 1 aliphatic heterocycles. The molecule has 8 heteroatoms. The van der Waals surface area contributed by atoms with Crippen LogP contribution in [0.3, 0.4) is 0 Å². The minimum absolute atomic E-state index is 0.0433. The number of hydrogen-bond donors (Lipinski definition) is 2. The van der Waals surface area contributed by atoms with Gasteiger partial charge in [-0.05, 0) is 6.07 Å². The number of amides is 1. The lowest BCUT2D eigenvalue weighted by Crippen LogP contribution is -2.36. The van der Waals surface area contributed by atoms with Gasteiger partial charge in [0.2, 0.25) is 5.91 Å². The zero-order valence-corrected chi connectivity index (χ0v) is 14.4. The minimum Gasteiger partial charge on any atom is -0.398 e. The van der Waals surface area contributed by atoms with Gasteiger partial charge in [0, 0.05) is 54.1 Å². The maximum Gasteiger partial charge on any atom is 0.219 e. The van der Waals surface area contributed by atoms with Gasteiger partial charge in [-0.1, -0.05) is 23.2 Å². The lowest BCUT2D eigenvalue weighted by Gasteiger charge is -2.29. The number of carbonyl (C=O) groups excluding carboxylic acids is 1. The second-order valence-corrected chi connectivity index (χ2v) is 6.67. The van der Waals surface area contributed by atoms with Crippen molar-refractivity contribution >= 4 is 45.7 Å². The van der Waals surface area contributed by atoms with E-state index in [1.54, 1.807) is 19.2 Å². The van der Waals surface area contributed by atoms with Gasteiger partial charge in [0.25, 0.3) is 0 Å². The summed E-state index contributed by atoms with van der Waals surface area (Å²) in [5, 5.41) is 8.63. The van der Waals surface area contributed by atoms with Crippen molar-refractivity contribution in [3.05, 3.63) is 34.2 Å². The molecular formula is C16H15Cl2N5O. The fourth-order valence-corrected chi connectivity index (χ4v) is 3.88. The zero-order chi connectivity index (χ0) is 17.0. The average molecular weight is 364 g/mol. The van der Waals surface area contributed by atoms with Crippen molar-refractivity contribution in [3.8, 4) is 11.1 Å². The normalized spacial score (nSPS) is 14.2. The van der Waals surface area contributed by atoms with E-state index in [1.807, 2.05) is 11.1 Å². The lowest BCUT2D eigenvalue weighted by molar-refractivity contribution is -0.130. The molecule has 1 aliphatic rings. The number of aromatic amines is 1. The van der Waals surface area contributed by atoms with E-state index in [0.29, 0.717) is 35.4 Å². The Bertz CT molecular complexity index is 961. The first kappa shape index (κ1) is 15.4. The minimum atomic E-state index is 0.0433. The number of nitrogens with one attached hydrogen (secondary N) is 1. The van der Waals surface area contributed by atoms with E-state index in [9.17, 15) is 4.79 Å². The first-order valence-corrected chi connectivity index (χ1v) is 8.27. The summed E-state index contributed by atoms with van der Waals surface area (Å²) in [6.07, 6.45) is 3.55. The van der Waals surface area contributed by atoms with Crippen molar-refractivity contribution in [2.24, 2.45) is 0 Å². The van der Waals surface area contributed by atoms with E-state index in [-0.39, 0.29) is 5.91 Å². The fraction of sp³-hybridized carbons (Fsp3) is 0.250. The van der Waals surface area contributed by atoms with Crippen LogP contribution >= 0.6 is 23.2 Å². The van der Waals surface area contributed by atoms with E-state index in [0.717, 1.165) is 27.7 Å². The topological polar surface area (TPSA) is 79.9 Å². The van der Waals surface area contributed by atoms with E-state index >= 15 is 0 Å². The molecule has 1 amide bonds. The van der Waals surface area contributed by atoms with E-state index in [1.165, 1.54) is 0 Å². The molecule has 3 aromatic rings. The SMILES string of the molecule is CC(=O)N1CCn2c(c(-c3cn[nH]c3)c3c(N)cc(Cl)c(Cl)c32)C1. The second-order valence-electron chi connectivity index (χ2n) is 5.89. The van der Waals surface area contributed by atoms with Gasteiger partial charge in [-0.2, -0.15) is 5.10 Å². The lowest BCUT2D eigenvalue weighted by atomic mass is 10.0. The summed E-state index contributed by atoms with van der Waals surface area (Å²) in [7, 11) is 0. The summed E-state index contributed by atoms with van der Waals surface area (Å²) in [5.74, 6) is 0.0433. The van der Waals surface area contributed by atoms with E-state index in [2.05, 4.69) is 14.8 Å². The number of fused-ring (bicyclic) bond motifs is 3. The number of nitrogen functional groups attached to an aromatic ring is 1. The van der Waals surface area contributed by atoms with Crippen molar-refractivity contribution < 1.29 is 4.79 Å². The Labute approximate surface area is 148 Å². The maximum atomic E-state index is 11.8. The van der Waals surface area contributed by atoms with Crippen molar-refractivity contribution in [3.63, 3.8) is 0 Å². The molecule has 6 nitrogen and oxygen atoms in total. The van der Waals surface area contributed by atoms with Crippen molar-refractivity contribution in [1.29, 1.82) is 0 Å². The summed E-state index contributed by atoms with van der Waals surface area (Å²) >= 11 is 12.7. The molecule has 24 heavy (non-hydrogen) atoms. The molecule has 124 valence electrons. The molecule has 0 spiro atoms. The van der Waals surface area contributed by atoms with Gasteiger partial charge in [0.05, 0.1) is 28.3 Å². The molecule has 0 fully saturated rings. The standard InChI is InChI=1S/C16H15Cl2N5O/c1-8(24)22-2-3-23-12(7-22)13(9-5-20-21-6-9)14-11(19)4-10(17)15(18)16(14)23/h4-6H,2-3,7,19H2,1H3,(H,20,21). The highest BCUT2D eigenvalue weighted by Gasteiger charge is 2.29. The molecule has 3 heterocycles. The molecule has 3 N–H and O–H groups in total. The molecule has 0 saturated carbocycles. The van der Waals surface area contributed by atoms with Gasteiger partial charge in [-0.15, -0.1) is 0 Å². The number of hydrogen-bond acceptors (Lipinski definition) is 3. The fourth-order valence-electron chi connectivity index (χ4n) is 3.42. The van der Waals surface area contributed by atoms with Crippen LogP contribution in [0.4, 0.5) is 5.69 Å². The Kier molecular flexibility index (Phi) is 3.47. The number of benzene rings is 1. The van der Waals surface area contributed by atoms with Crippen LogP contribution in [0.2, 0.25) is 10.0 Å². The highest BCUT2D eigenvalue weighted by molar-refractivity contribution is 6.46. The number of H-pyrrole nitrogens is 1. The Morgan fingerprint density at radius 2 is 2.17 bits per heavy atom. The van der Waals surface area contributed by atoms with Gasteiger partial charge >= 0.3 is 0 Å². The van der Waals surface area contributed by atoms with Crippen molar-refractivity contribution in [2.75, 3.05) is 12.3 Å². The predicted octanol–water partition coefficient (Wildman–Crippen LogP) is 3.28.